The topological polar surface area (TPSA) is 57.0 Å². The summed E-state index contributed by atoms with van der Waals surface area (Å²) in [6.07, 6.45) is 7.28. The summed E-state index contributed by atoms with van der Waals surface area (Å²) in [6, 6.07) is 5.59. The van der Waals surface area contributed by atoms with Crippen molar-refractivity contribution < 1.29 is 4.79 Å². The summed E-state index contributed by atoms with van der Waals surface area (Å²) in [7, 11) is 1.85. The minimum Gasteiger partial charge on any atom is -0.337 e. The summed E-state index contributed by atoms with van der Waals surface area (Å²) in [4.78, 5) is 18.1. The standard InChI is InChI=1S/C14H17N3O/c1-17(12-5-3-2-4-6-12)14(18)13-8-7-11(9-15)10-16-13/h7-8,10,12H,2-6H2,1H3. The number of carbonyl (C=O) groups excluding carboxylic acids is 1. The zero-order valence-electron chi connectivity index (χ0n) is 10.6. The maximum absolute atomic E-state index is 12.2. The fourth-order valence-corrected chi connectivity index (χ4v) is 2.40. The summed E-state index contributed by atoms with van der Waals surface area (Å²) in [5.74, 6) is -0.0496. The van der Waals surface area contributed by atoms with E-state index in [1.54, 1.807) is 17.0 Å². The molecule has 0 atom stereocenters. The van der Waals surface area contributed by atoms with Gasteiger partial charge in [0.25, 0.3) is 5.91 Å². The van der Waals surface area contributed by atoms with Crippen LogP contribution in [0.5, 0.6) is 0 Å². The Morgan fingerprint density at radius 1 is 1.39 bits per heavy atom. The van der Waals surface area contributed by atoms with Crippen LogP contribution >= 0.6 is 0 Å². The molecule has 1 amide bonds. The first-order chi connectivity index (χ1) is 8.72. The van der Waals surface area contributed by atoms with Crippen LogP contribution < -0.4 is 0 Å². The van der Waals surface area contributed by atoms with Crippen LogP contribution in [0.15, 0.2) is 18.3 Å². The summed E-state index contributed by atoms with van der Waals surface area (Å²) in [5.41, 5.74) is 0.897. The number of nitrogens with zero attached hydrogens (tertiary/aromatic N) is 3. The molecule has 0 unspecified atom stereocenters. The molecule has 0 bridgehead atoms. The average Bonchev–Trinajstić information content (AvgIpc) is 2.47. The van der Waals surface area contributed by atoms with Crippen LogP contribution in [-0.4, -0.2) is 28.9 Å². The number of rotatable bonds is 2. The van der Waals surface area contributed by atoms with Crippen molar-refractivity contribution in [3.63, 3.8) is 0 Å². The Morgan fingerprint density at radius 2 is 2.11 bits per heavy atom. The second-order valence-corrected chi connectivity index (χ2v) is 4.75. The number of nitriles is 1. The molecule has 1 fully saturated rings. The quantitative estimate of drug-likeness (QED) is 0.801. The fourth-order valence-electron chi connectivity index (χ4n) is 2.40. The molecule has 4 nitrogen and oxygen atoms in total. The van der Waals surface area contributed by atoms with E-state index in [2.05, 4.69) is 4.98 Å². The Kier molecular flexibility index (Phi) is 3.93. The SMILES string of the molecule is CN(C(=O)c1ccc(C#N)cn1)C1CCCCC1. The van der Waals surface area contributed by atoms with Crippen molar-refractivity contribution >= 4 is 5.91 Å². The maximum Gasteiger partial charge on any atom is 0.272 e. The van der Waals surface area contributed by atoms with Crippen molar-refractivity contribution in [1.29, 1.82) is 5.26 Å². The molecule has 0 aliphatic heterocycles. The third-order valence-electron chi connectivity index (χ3n) is 3.55. The molecule has 0 radical (unpaired) electrons. The van der Waals surface area contributed by atoms with E-state index in [4.69, 9.17) is 5.26 Å². The van der Waals surface area contributed by atoms with E-state index in [0.29, 0.717) is 17.3 Å². The summed E-state index contributed by atoms with van der Waals surface area (Å²) in [6.45, 7) is 0. The zero-order chi connectivity index (χ0) is 13.0. The summed E-state index contributed by atoms with van der Waals surface area (Å²) < 4.78 is 0. The normalized spacial score (nSPS) is 16.0. The second kappa shape index (κ2) is 5.63. The van der Waals surface area contributed by atoms with Crippen LogP contribution in [-0.2, 0) is 0 Å². The van der Waals surface area contributed by atoms with Crippen LogP contribution in [0.4, 0.5) is 0 Å². The fraction of sp³-hybridized carbons (Fsp3) is 0.500. The highest BCUT2D eigenvalue weighted by Crippen LogP contribution is 2.22. The first-order valence-corrected chi connectivity index (χ1v) is 6.35. The van der Waals surface area contributed by atoms with Crippen LogP contribution in [0.25, 0.3) is 0 Å². The van der Waals surface area contributed by atoms with E-state index in [1.165, 1.54) is 25.5 Å². The maximum atomic E-state index is 12.2. The number of pyridine rings is 1. The van der Waals surface area contributed by atoms with Crippen molar-refractivity contribution in [2.24, 2.45) is 0 Å². The van der Waals surface area contributed by atoms with Gasteiger partial charge in [0.1, 0.15) is 11.8 Å². The van der Waals surface area contributed by atoms with Gasteiger partial charge in [-0.2, -0.15) is 5.26 Å². The van der Waals surface area contributed by atoms with Gasteiger partial charge in [0.15, 0.2) is 0 Å². The van der Waals surface area contributed by atoms with E-state index < -0.39 is 0 Å². The van der Waals surface area contributed by atoms with Gasteiger partial charge in [-0.15, -0.1) is 0 Å². The molecule has 0 aromatic carbocycles. The largest absolute Gasteiger partial charge is 0.337 e. The van der Waals surface area contributed by atoms with E-state index in [-0.39, 0.29) is 5.91 Å². The Labute approximate surface area is 107 Å². The zero-order valence-corrected chi connectivity index (χ0v) is 10.6. The van der Waals surface area contributed by atoms with Crippen LogP contribution in [0.3, 0.4) is 0 Å². The van der Waals surface area contributed by atoms with E-state index in [0.717, 1.165) is 12.8 Å². The first kappa shape index (κ1) is 12.6. The predicted molar refractivity (Wildman–Crippen MR) is 67.9 cm³/mol. The van der Waals surface area contributed by atoms with Crippen molar-refractivity contribution in [3.05, 3.63) is 29.6 Å². The van der Waals surface area contributed by atoms with E-state index >= 15 is 0 Å². The van der Waals surface area contributed by atoms with Crippen molar-refractivity contribution in [2.45, 2.75) is 38.1 Å². The summed E-state index contributed by atoms with van der Waals surface area (Å²) >= 11 is 0. The molecule has 1 aliphatic rings. The highest BCUT2D eigenvalue weighted by atomic mass is 16.2. The minimum absolute atomic E-state index is 0.0496. The molecule has 1 heterocycles. The number of amides is 1. The third-order valence-corrected chi connectivity index (χ3v) is 3.55. The van der Waals surface area contributed by atoms with Gasteiger partial charge in [0, 0.05) is 19.3 Å². The lowest BCUT2D eigenvalue weighted by atomic mass is 9.94. The Bertz CT molecular complexity index is 455. The second-order valence-electron chi connectivity index (χ2n) is 4.75. The highest BCUT2D eigenvalue weighted by molar-refractivity contribution is 5.92. The molecule has 94 valence electrons. The number of hydrogen-bond acceptors (Lipinski definition) is 3. The van der Waals surface area contributed by atoms with Gasteiger partial charge < -0.3 is 4.90 Å². The van der Waals surface area contributed by atoms with E-state index in [1.807, 2.05) is 13.1 Å². The predicted octanol–water partition coefficient (Wildman–Crippen LogP) is 2.36. The average molecular weight is 243 g/mol. The van der Waals surface area contributed by atoms with Crippen molar-refractivity contribution in [3.8, 4) is 6.07 Å². The van der Waals surface area contributed by atoms with Gasteiger partial charge in [-0.1, -0.05) is 19.3 Å². The smallest absolute Gasteiger partial charge is 0.272 e. The molecule has 1 aromatic heterocycles. The minimum atomic E-state index is -0.0496. The summed E-state index contributed by atoms with van der Waals surface area (Å²) in [5, 5.41) is 8.69. The molecular weight excluding hydrogens is 226 g/mol. The van der Waals surface area contributed by atoms with Crippen LogP contribution in [0, 0.1) is 11.3 Å². The molecule has 2 rings (SSSR count). The lowest BCUT2D eigenvalue weighted by molar-refractivity contribution is 0.0690. The van der Waals surface area contributed by atoms with Gasteiger partial charge in [-0.05, 0) is 25.0 Å². The highest BCUT2D eigenvalue weighted by Gasteiger charge is 2.23. The van der Waals surface area contributed by atoms with Gasteiger partial charge in [-0.3, -0.25) is 4.79 Å². The van der Waals surface area contributed by atoms with Gasteiger partial charge in [0.2, 0.25) is 0 Å². The van der Waals surface area contributed by atoms with Gasteiger partial charge in [0.05, 0.1) is 5.56 Å². The molecule has 1 aliphatic carbocycles. The molecule has 0 N–H and O–H groups in total. The number of carbonyl (C=O) groups is 1. The van der Waals surface area contributed by atoms with Crippen molar-refractivity contribution in [2.75, 3.05) is 7.05 Å². The monoisotopic (exact) mass is 243 g/mol. The lowest BCUT2D eigenvalue weighted by Gasteiger charge is -2.30. The van der Waals surface area contributed by atoms with Gasteiger partial charge >= 0.3 is 0 Å². The number of aromatic nitrogens is 1. The first-order valence-electron chi connectivity index (χ1n) is 6.35. The Morgan fingerprint density at radius 3 is 2.67 bits per heavy atom. The molecule has 4 heteroatoms. The molecule has 1 saturated carbocycles. The molecule has 0 saturated heterocycles. The number of hydrogen-bond donors (Lipinski definition) is 0. The van der Waals surface area contributed by atoms with E-state index in [9.17, 15) is 4.79 Å². The lowest BCUT2D eigenvalue weighted by Crippen LogP contribution is -2.38. The Hall–Kier alpha value is -1.89. The van der Waals surface area contributed by atoms with Crippen LogP contribution in [0.2, 0.25) is 0 Å². The molecule has 1 aromatic rings. The molecule has 0 spiro atoms. The Balaban J connectivity index is 2.07. The molecule has 18 heavy (non-hydrogen) atoms. The van der Waals surface area contributed by atoms with Crippen LogP contribution in [0.1, 0.15) is 48.2 Å². The third kappa shape index (κ3) is 2.67. The van der Waals surface area contributed by atoms with Gasteiger partial charge in [-0.25, -0.2) is 4.98 Å². The van der Waals surface area contributed by atoms with Crippen molar-refractivity contribution in [1.82, 2.24) is 9.88 Å². The molecular formula is C14H17N3O.